The van der Waals surface area contributed by atoms with Crippen LogP contribution in [0.15, 0.2) is 0 Å². The van der Waals surface area contributed by atoms with Gasteiger partial charge in [0.05, 0.1) is 12.8 Å². The Morgan fingerprint density at radius 1 is 1.29 bits per heavy atom. The summed E-state index contributed by atoms with van der Waals surface area (Å²) < 4.78 is 4.78. The first-order chi connectivity index (χ1) is 9.99. The van der Waals surface area contributed by atoms with Crippen molar-refractivity contribution in [3.05, 3.63) is 10.4 Å². The van der Waals surface area contributed by atoms with Crippen molar-refractivity contribution in [2.24, 2.45) is 0 Å². The van der Waals surface area contributed by atoms with Crippen molar-refractivity contribution < 1.29 is 14.3 Å². The Morgan fingerprint density at radius 3 is 2.38 bits per heavy atom. The van der Waals surface area contributed by atoms with E-state index in [2.05, 4.69) is 24.5 Å². The minimum absolute atomic E-state index is 0.172. The highest BCUT2D eigenvalue weighted by Crippen LogP contribution is 2.37. The van der Waals surface area contributed by atoms with Gasteiger partial charge in [0, 0.05) is 12.6 Å². The van der Waals surface area contributed by atoms with E-state index in [0.29, 0.717) is 16.4 Å². The predicted molar refractivity (Wildman–Crippen MR) is 86.1 cm³/mol. The van der Waals surface area contributed by atoms with Gasteiger partial charge in [0.25, 0.3) is 5.91 Å². The monoisotopic (exact) mass is 313 g/mol. The second-order valence-corrected chi connectivity index (χ2v) is 5.58. The smallest absolute Gasteiger partial charge is 0.343 e. The third-order valence-electron chi connectivity index (χ3n) is 3.20. The van der Waals surface area contributed by atoms with Gasteiger partial charge in [0.15, 0.2) is 0 Å². The Hall–Kier alpha value is -1.76. The van der Waals surface area contributed by atoms with Gasteiger partial charge in [0.2, 0.25) is 0 Å². The third-order valence-corrected chi connectivity index (χ3v) is 4.33. The number of methoxy groups -OCH3 is 1. The van der Waals surface area contributed by atoms with Crippen molar-refractivity contribution in [2.45, 2.75) is 39.7 Å². The first kappa shape index (κ1) is 17.3. The molecule has 0 radical (unpaired) electrons. The first-order valence-corrected chi connectivity index (χ1v) is 7.86. The Labute approximate surface area is 129 Å². The summed E-state index contributed by atoms with van der Waals surface area (Å²) in [6.07, 6.45) is 1.82. The van der Waals surface area contributed by atoms with E-state index in [1.54, 1.807) is 0 Å². The zero-order chi connectivity index (χ0) is 16.0. The van der Waals surface area contributed by atoms with Crippen LogP contribution in [0.2, 0.25) is 0 Å². The summed E-state index contributed by atoms with van der Waals surface area (Å²) in [4.78, 5) is 24.3. The maximum atomic E-state index is 12.0. The van der Waals surface area contributed by atoms with Crippen molar-refractivity contribution in [1.29, 1.82) is 0 Å². The van der Waals surface area contributed by atoms with E-state index in [1.165, 1.54) is 18.4 Å². The molecule has 118 valence electrons. The molecule has 6 nitrogen and oxygen atoms in total. The van der Waals surface area contributed by atoms with Crippen molar-refractivity contribution >= 4 is 33.9 Å². The quantitative estimate of drug-likeness (QED) is 0.672. The Morgan fingerprint density at radius 2 is 1.90 bits per heavy atom. The highest BCUT2D eigenvalue weighted by atomic mass is 32.1. The molecule has 1 amide bonds. The summed E-state index contributed by atoms with van der Waals surface area (Å²) in [5.41, 5.74) is 6.40. The fraction of sp³-hybridized carbons (Fsp3) is 0.571. The number of thiophene rings is 1. The molecule has 0 spiro atoms. The van der Waals surface area contributed by atoms with Crippen LogP contribution in [0, 0.1) is 0 Å². The molecule has 0 aromatic carbocycles. The molecule has 0 unspecified atom stereocenters. The zero-order valence-corrected chi connectivity index (χ0v) is 13.7. The van der Waals surface area contributed by atoms with E-state index in [9.17, 15) is 9.59 Å². The number of carbonyl (C=O) groups excluding carboxylic acids is 2. The molecular formula is C14H23N3O3S. The van der Waals surface area contributed by atoms with E-state index in [4.69, 9.17) is 10.5 Å². The topological polar surface area (TPSA) is 93.5 Å². The van der Waals surface area contributed by atoms with Gasteiger partial charge in [0.1, 0.15) is 15.4 Å². The average molecular weight is 313 g/mol. The van der Waals surface area contributed by atoms with E-state index in [-0.39, 0.29) is 23.2 Å². The number of nitrogen functional groups attached to an aromatic ring is 1. The maximum Gasteiger partial charge on any atom is 0.343 e. The number of nitrogens with two attached hydrogens (primary N) is 1. The Kier molecular flexibility index (Phi) is 6.48. The van der Waals surface area contributed by atoms with Crippen LogP contribution in [0.5, 0.6) is 0 Å². The molecule has 0 bridgehead atoms. The molecule has 1 aromatic rings. The largest absolute Gasteiger partial charge is 0.465 e. The fourth-order valence-electron chi connectivity index (χ4n) is 1.94. The minimum atomic E-state index is -0.534. The van der Waals surface area contributed by atoms with Crippen molar-refractivity contribution in [3.63, 3.8) is 0 Å². The first-order valence-electron chi connectivity index (χ1n) is 7.05. The fourth-order valence-corrected chi connectivity index (χ4v) is 3.04. The molecule has 0 saturated heterocycles. The van der Waals surface area contributed by atoms with E-state index >= 15 is 0 Å². The number of anilines is 2. The molecule has 0 aliphatic heterocycles. The molecule has 0 saturated carbocycles. The second kappa shape index (κ2) is 7.87. The number of rotatable bonds is 7. The maximum absolute atomic E-state index is 12.0. The lowest BCUT2D eigenvalue weighted by Gasteiger charge is -2.15. The molecule has 1 aromatic heterocycles. The molecule has 4 N–H and O–H groups in total. The van der Waals surface area contributed by atoms with Gasteiger partial charge in [-0.3, -0.25) is 4.79 Å². The Bertz CT molecular complexity index is 510. The lowest BCUT2D eigenvalue weighted by Crippen LogP contribution is -2.22. The van der Waals surface area contributed by atoms with Crippen LogP contribution < -0.4 is 16.4 Å². The molecule has 21 heavy (non-hydrogen) atoms. The summed E-state index contributed by atoms with van der Waals surface area (Å²) >= 11 is 1.19. The molecule has 1 heterocycles. The summed E-state index contributed by atoms with van der Waals surface area (Å²) in [7, 11) is 1.30. The number of hydrogen-bond acceptors (Lipinski definition) is 6. The van der Waals surface area contributed by atoms with Crippen LogP contribution in [0.25, 0.3) is 0 Å². The third kappa shape index (κ3) is 3.87. The highest BCUT2D eigenvalue weighted by molar-refractivity contribution is 7.19. The number of hydrogen-bond donors (Lipinski definition) is 3. The van der Waals surface area contributed by atoms with Gasteiger partial charge >= 0.3 is 5.97 Å². The van der Waals surface area contributed by atoms with Crippen LogP contribution in [0.1, 0.15) is 53.6 Å². The van der Waals surface area contributed by atoms with Gasteiger partial charge < -0.3 is 21.1 Å². The van der Waals surface area contributed by atoms with Crippen LogP contribution in [0.4, 0.5) is 10.7 Å². The number of nitrogens with one attached hydrogen (secondary N) is 2. The van der Waals surface area contributed by atoms with Gasteiger partial charge in [-0.25, -0.2) is 4.79 Å². The lowest BCUT2D eigenvalue weighted by molar-refractivity contribution is 0.0603. The zero-order valence-electron chi connectivity index (χ0n) is 12.9. The second-order valence-electron chi connectivity index (χ2n) is 4.56. The normalized spacial score (nSPS) is 10.5. The summed E-state index contributed by atoms with van der Waals surface area (Å²) in [6, 6.07) is 0.216. The average Bonchev–Trinajstić information content (AvgIpc) is 2.80. The summed E-state index contributed by atoms with van der Waals surface area (Å²) in [5.74, 6) is -0.810. The van der Waals surface area contributed by atoms with Crippen molar-refractivity contribution in [3.8, 4) is 0 Å². The number of carbonyl (C=O) groups is 2. The molecule has 0 atom stereocenters. The molecule has 0 aliphatic carbocycles. The van der Waals surface area contributed by atoms with E-state index in [0.717, 1.165) is 12.8 Å². The Balaban J connectivity index is 3.24. The number of ether oxygens (including phenoxy) is 1. The predicted octanol–water partition coefficient (Wildman–Crippen LogP) is 2.47. The molecule has 0 fully saturated rings. The highest BCUT2D eigenvalue weighted by Gasteiger charge is 2.26. The van der Waals surface area contributed by atoms with E-state index in [1.807, 2.05) is 6.92 Å². The van der Waals surface area contributed by atoms with E-state index < -0.39 is 5.97 Å². The molecule has 0 aliphatic rings. The van der Waals surface area contributed by atoms with Crippen molar-refractivity contribution in [1.82, 2.24) is 5.32 Å². The van der Waals surface area contributed by atoms with Crippen LogP contribution in [-0.2, 0) is 4.74 Å². The van der Waals surface area contributed by atoms with Crippen molar-refractivity contribution in [2.75, 3.05) is 24.7 Å². The van der Waals surface area contributed by atoms with Gasteiger partial charge in [-0.15, -0.1) is 11.3 Å². The summed E-state index contributed by atoms with van der Waals surface area (Å²) in [6.45, 7) is 6.44. The number of amides is 1. The van der Waals surface area contributed by atoms with Gasteiger partial charge in [-0.05, 0) is 19.8 Å². The lowest BCUT2D eigenvalue weighted by atomic mass is 10.1. The van der Waals surface area contributed by atoms with Gasteiger partial charge in [-0.2, -0.15) is 0 Å². The summed E-state index contributed by atoms with van der Waals surface area (Å²) in [5, 5.41) is 6.56. The SMILES string of the molecule is CCNC(=O)c1sc(NC(CC)CC)c(C(=O)OC)c1N. The van der Waals surface area contributed by atoms with Crippen LogP contribution >= 0.6 is 11.3 Å². The minimum Gasteiger partial charge on any atom is -0.465 e. The van der Waals surface area contributed by atoms with Crippen LogP contribution in [-0.4, -0.2) is 31.6 Å². The molecule has 1 rings (SSSR count). The standard InChI is InChI=1S/C14H23N3O3S/c1-5-8(6-2)17-13-9(14(19)20-4)10(15)11(21-13)12(18)16-7-3/h8,17H,5-7,15H2,1-4H3,(H,16,18). The number of esters is 1. The van der Waals surface area contributed by atoms with Crippen LogP contribution in [0.3, 0.4) is 0 Å². The van der Waals surface area contributed by atoms with Gasteiger partial charge in [-0.1, -0.05) is 13.8 Å². The molecule has 7 heteroatoms. The molecular weight excluding hydrogens is 290 g/mol.